The van der Waals surface area contributed by atoms with Crippen LogP contribution in [0.5, 0.6) is 0 Å². The molecule has 0 aliphatic rings. The van der Waals surface area contributed by atoms with Crippen molar-refractivity contribution >= 4 is 34.7 Å². The van der Waals surface area contributed by atoms with E-state index >= 15 is 0 Å². The summed E-state index contributed by atoms with van der Waals surface area (Å²) in [4.78, 5) is 6.47. The lowest BCUT2D eigenvalue weighted by Gasteiger charge is -2.18. The Morgan fingerprint density at radius 1 is 1.09 bits per heavy atom. The molecule has 1 heterocycles. The van der Waals surface area contributed by atoms with E-state index in [1.54, 1.807) is 6.20 Å². The van der Waals surface area contributed by atoms with E-state index in [0.717, 1.165) is 16.9 Å². The van der Waals surface area contributed by atoms with Crippen LogP contribution in [0.4, 0.5) is 23.1 Å². The van der Waals surface area contributed by atoms with Crippen molar-refractivity contribution in [2.75, 3.05) is 17.3 Å². The first-order valence-electron chi connectivity index (χ1n) is 7.15. The highest BCUT2D eigenvalue weighted by Crippen LogP contribution is 2.24. The van der Waals surface area contributed by atoms with Crippen LogP contribution in [-0.2, 0) is 0 Å². The van der Waals surface area contributed by atoms with E-state index in [9.17, 15) is 0 Å². The first-order chi connectivity index (χ1) is 11.1. The quantitative estimate of drug-likeness (QED) is 0.773. The fourth-order valence-corrected chi connectivity index (χ4v) is 2.41. The van der Waals surface area contributed by atoms with Crippen LogP contribution in [0.25, 0.3) is 0 Å². The molecule has 116 valence electrons. The molecule has 5 nitrogen and oxygen atoms in total. The van der Waals surface area contributed by atoms with Crippen LogP contribution in [0.1, 0.15) is 5.56 Å². The number of aromatic nitrogens is 3. The molecule has 0 unspecified atom stereocenters. The van der Waals surface area contributed by atoms with Crippen molar-refractivity contribution in [3.05, 3.63) is 65.3 Å². The number of nitrogens with zero attached hydrogens (tertiary/aromatic N) is 4. The Kier molecular flexibility index (Phi) is 4.39. The Labute approximate surface area is 140 Å². The van der Waals surface area contributed by atoms with Gasteiger partial charge < -0.3 is 10.2 Å². The molecule has 0 radical (unpaired) electrons. The smallest absolute Gasteiger partial charge is 0.249 e. The second kappa shape index (κ2) is 6.62. The molecule has 6 heteroatoms. The van der Waals surface area contributed by atoms with Gasteiger partial charge in [-0.3, -0.25) is 0 Å². The number of anilines is 4. The number of hydrogen-bond donors (Lipinski definition) is 1. The van der Waals surface area contributed by atoms with Gasteiger partial charge in [0.25, 0.3) is 0 Å². The number of benzene rings is 2. The summed E-state index contributed by atoms with van der Waals surface area (Å²) in [5.74, 6) is 1.15. The minimum absolute atomic E-state index is 0.440. The summed E-state index contributed by atoms with van der Waals surface area (Å²) < 4.78 is 0. The Bertz CT molecular complexity index is 807. The molecule has 0 aliphatic heterocycles. The van der Waals surface area contributed by atoms with E-state index < -0.39 is 0 Å². The minimum atomic E-state index is 0.440. The van der Waals surface area contributed by atoms with Crippen LogP contribution in [0.3, 0.4) is 0 Å². The third-order valence-electron chi connectivity index (χ3n) is 3.47. The zero-order chi connectivity index (χ0) is 16.2. The molecule has 0 fully saturated rings. The third-order valence-corrected chi connectivity index (χ3v) is 3.70. The largest absolute Gasteiger partial charge is 0.328 e. The van der Waals surface area contributed by atoms with Gasteiger partial charge in [-0.05, 0) is 42.8 Å². The molecule has 3 rings (SSSR count). The lowest BCUT2D eigenvalue weighted by molar-refractivity contribution is 0.956. The minimum Gasteiger partial charge on any atom is -0.328 e. The molecule has 0 atom stereocenters. The van der Waals surface area contributed by atoms with Gasteiger partial charge in [-0.1, -0.05) is 29.8 Å². The molecular weight excluding hydrogens is 310 g/mol. The van der Waals surface area contributed by atoms with Crippen LogP contribution in [0, 0.1) is 6.92 Å². The normalized spacial score (nSPS) is 10.4. The number of aryl methyl sites for hydroxylation is 1. The van der Waals surface area contributed by atoms with Gasteiger partial charge in [0.1, 0.15) is 0 Å². The van der Waals surface area contributed by atoms with E-state index in [1.807, 2.05) is 67.4 Å². The van der Waals surface area contributed by atoms with Crippen molar-refractivity contribution in [1.82, 2.24) is 15.2 Å². The van der Waals surface area contributed by atoms with Crippen LogP contribution in [-0.4, -0.2) is 22.2 Å². The Balaban J connectivity index is 1.85. The Morgan fingerprint density at radius 3 is 2.61 bits per heavy atom. The molecule has 0 saturated heterocycles. The number of nitrogens with one attached hydrogen (secondary N) is 1. The summed E-state index contributed by atoms with van der Waals surface area (Å²) in [6.45, 7) is 1.97. The summed E-state index contributed by atoms with van der Waals surface area (Å²) in [6.07, 6.45) is 1.63. The van der Waals surface area contributed by atoms with Gasteiger partial charge in [0.2, 0.25) is 5.95 Å². The summed E-state index contributed by atoms with van der Waals surface area (Å²) >= 11 is 5.98. The van der Waals surface area contributed by atoms with Crippen molar-refractivity contribution in [3.8, 4) is 0 Å². The van der Waals surface area contributed by atoms with Crippen molar-refractivity contribution < 1.29 is 0 Å². The summed E-state index contributed by atoms with van der Waals surface area (Å²) in [5, 5.41) is 11.9. The second-order valence-electron chi connectivity index (χ2n) is 5.12. The van der Waals surface area contributed by atoms with E-state index in [0.29, 0.717) is 16.8 Å². The first-order valence-corrected chi connectivity index (χ1v) is 7.53. The van der Waals surface area contributed by atoms with Gasteiger partial charge in [0.15, 0.2) is 5.82 Å². The van der Waals surface area contributed by atoms with E-state index in [2.05, 4.69) is 20.5 Å². The third kappa shape index (κ3) is 3.57. The monoisotopic (exact) mass is 325 g/mol. The van der Waals surface area contributed by atoms with Gasteiger partial charge in [0, 0.05) is 23.4 Å². The average Bonchev–Trinajstić information content (AvgIpc) is 2.58. The summed E-state index contributed by atoms with van der Waals surface area (Å²) in [6, 6.07) is 15.6. The molecule has 23 heavy (non-hydrogen) atoms. The highest BCUT2D eigenvalue weighted by Gasteiger charge is 2.08. The van der Waals surface area contributed by atoms with E-state index in [-0.39, 0.29) is 0 Å². The molecule has 0 spiro atoms. The van der Waals surface area contributed by atoms with E-state index in [4.69, 9.17) is 11.6 Å². The van der Waals surface area contributed by atoms with E-state index in [1.165, 1.54) is 0 Å². The van der Waals surface area contributed by atoms with Gasteiger partial charge in [-0.2, -0.15) is 10.1 Å². The lowest BCUT2D eigenvalue weighted by Crippen LogP contribution is -2.13. The molecule has 1 aromatic heterocycles. The summed E-state index contributed by atoms with van der Waals surface area (Å²) in [5.41, 5.74) is 2.94. The topological polar surface area (TPSA) is 53.9 Å². The predicted octanol–water partition coefficient (Wildman–Crippen LogP) is 4.34. The second-order valence-corrected chi connectivity index (χ2v) is 5.55. The highest BCUT2D eigenvalue weighted by atomic mass is 35.5. The van der Waals surface area contributed by atoms with Gasteiger partial charge in [0.05, 0.1) is 6.20 Å². The zero-order valence-electron chi connectivity index (χ0n) is 12.9. The maximum absolute atomic E-state index is 5.98. The van der Waals surface area contributed by atoms with Crippen molar-refractivity contribution in [2.45, 2.75) is 6.92 Å². The fourth-order valence-electron chi connectivity index (χ4n) is 2.18. The standard InChI is InChI=1S/C17H16ClN5/c1-12-10-13(18)8-9-15(12)20-17-21-16(11-19-22-17)23(2)14-6-4-3-5-7-14/h3-11H,1-2H3,(H,20,21,22). The SMILES string of the molecule is Cc1cc(Cl)ccc1Nc1nncc(N(C)c2ccccc2)n1. The zero-order valence-corrected chi connectivity index (χ0v) is 13.6. The highest BCUT2D eigenvalue weighted by molar-refractivity contribution is 6.30. The van der Waals surface area contributed by atoms with Gasteiger partial charge >= 0.3 is 0 Å². The number of rotatable bonds is 4. The van der Waals surface area contributed by atoms with Crippen LogP contribution >= 0.6 is 11.6 Å². The Hall–Kier alpha value is -2.66. The fraction of sp³-hybridized carbons (Fsp3) is 0.118. The van der Waals surface area contributed by atoms with Crippen molar-refractivity contribution in [2.24, 2.45) is 0 Å². The molecule has 0 amide bonds. The van der Waals surface area contributed by atoms with Crippen molar-refractivity contribution in [3.63, 3.8) is 0 Å². The van der Waals surface area contributed by atoms with Crippen LogP contribution in [0.2, 0.25) is 5.02 Å². The summed E-state index contributed by atoms with van der Waals surface area (Å²) in [7, 11) is 1.94. The molecule has 3 aromatic rings. The molecule has 2 aromatic carbocycles. The first kappa shape index (κ1) is 15.2. The van der Waals surface area contributed by atoms with Gasteiger partial charge in [-0.15, -0.1) is 5.10 Å². The molecule has 1 N–H and O–H groups in total. The number of para-hydroxylation sites is 1. The van der Waals surface area contributed by atoms with Crippen LogP contribution < -0.4 is 10.2 Å². The maximum atomic E-state index is 5.98. The van der Waals surface area contributed by atoms with Crippen molar-refractivity contribution in [1.29, 1.82) is 0 Å². The average molecular weight is 326 g/mol. The number of hydrogen-bond acceptors (Lipinski definition) is 5. The molecule has 0 saturated carbocycles. The lowest BCUT2D eigenvalue weighted by atomic mass is 10.2. The van der Waals surface area contributed by atoms with Gasteiger partial charge in [-0.25, -0.2) is 0 Å². The molecule has 0 bridgehead atoms. The number of halogens is 1. The predicted molar refractivity (Wildman–Crippen MR) is 93.8 cm³/mol. The van der Waals surface area contributed by atoms with Crippen LogP contribution in [0.15, 0.2) is 54.7 Å². The maximum Gasteiger partial charge on any atom is 0.249 e. The Morgan fingerprint density at radius 2 is 1.87 bits per heavy atom. The molecular formula is C17H16ClN5. The molecule has 0 aliphatic carbocycles.